The molecule has 1 aromatic rings. The Balaban J connectivity index is 2.06. The zero-order chi connectivity index (χ0) is 13.7. The Hall–Kier alpha value is -1.00. The van der Waals surface area contributed by atoms with Gasteiger partial charge in [-0.2, -0.15) is 0 Å². The molecular formula is C15H23FN2O. The Bertz CT molecular complexity index is 399. The lowest BCUT2D eigenvalue weighted by molar-refractivity contribution is 0.118. The van der Waals surface area contributed by atoms with Crippen molar-refractivity contribution in [2.45, 2.75) is 63.6 Å². The largest absolute Gasteiger partial charge is 0.387 e. The molecule has 0 amide bonds. The molecule has 0 saturated carbocycles. The number of aliphatic hydroxyl groups excluding tert-OH is 1. The molecule has 2 rings (SSSR count). The van der Waals surface area contributed by atoms with Crippen LogP contribution < -0.4 is 5.32 Å². The van der Waals surface area contributed by atoms with E-state index in [4.69, 9.17) is 0 Å². The molecule has 0 aliphatic carbocycles. The van der Waals surface area contributed by atoms with Gasteiger partial charge in [-0.15, -0.1) is 0 Å². The van der Waals surface area contributed by atoms with Crippen LogP contribution in [0, 0.1) is 5.82 Å². The number of halogens is 1. The molecule has 0 radical (unpaired) electrons. The third kappa shape index (κ3) is 3.98. The van der Waals surface area contributed by atoms with Crippen LogP contribution >= 0.6 is 0 Å². The maximum atomic E-state index is 13.2. The molecule has 1 fully saturated rings. The van der Waals surface area contributed by atoms with E-state index in [1.54, 1.807) is 6.20 Å². The monoisotopic (exact) mass is 266 g/mol. The number of pyridine rings is 1. The average Bonchev–Trinajstić information content (AvgIpc) is 2.64. The second-order valence-electron chi connectivity index (χ2n) is 5.42. The van der Waals surface area contributed by atoms with Gasteiger partial charge in [-0.05, 0) is 25.3 Å². The van der Waals surface area contributed by atoms with Crippen LogP contribution in [0.15, 0.2) is 18.5 Å². The Morgan fingerprint density at radius 3 is 2.95 bits per heavy atom. The van der Waals surface area contributed by atoms with Crippen molar-refractivity contribution in [1.82, 2.24) is 10.3 Å². The summed E-state index contributed by atoms with van der Waals surface area (Å²) in [5.41, 5.74) is 0.564. The summed E-state index contributed by atoms with van der Waals surface area (Å²) in [6, 6.07) is 1.84. The topological polar surface area (TPSA) is 45.2 Å². The maximum absolute atomic E-state index is 13.2. The molecule has 19 heavy (non-hydrogen) atoms. The molecule has 3 nitrogen and oxygen atoms in total. The fourth-order valence-corrected chi connectivity index (χ4v) is 2.87. The fourth-order valence-electron chi connectivity index (χ4n) is 2.87. The summed E-state index contributed by atoms with van der Waals surface area (Å²) in [5, 5.41) is 13.9. The molecule has 1 aliphatic rings. The average molecular weight is 266 g/mol. The number of aliphatic hydroxyl groups is 1. The van der Waals surface area contributed by atoms with Crippen LogP contribution in [0.5, 0.6) is 0 Å². The van der Waals surface area contributed by atoms with Crippen LogP contribution in [-0.4, -0.2) is 22.2 Å². The first-order valence-electron chi connectivity index (χ1n) is 7.25. The van der Waals surface area contributed by atoms with Crippen LogP contribution in [0.25, 0.3) is 0 Å². The molecule has 3 atom stereocenters. The van der Waals surface area contributed by atoms with Crippen molar-refractivity contribution in [3.8, 4) is 0 Å². The van der Waals surface area contributed by atoms with Crippen LogP contribution in [0.1, 0.15) is 57.1 Å². The summed E-state index contributed by atoms with van der Waals surface area (Å²) in [4.78, 5) is 3.82. The van der Waals surface area contributed by atoms with Crippen LogP contribution in [0.2, 0.25) is 0 Å². The highest BCUT2D eigenvalue weighted by Gasteiger charge is 2.26. The Labute approximate surface area is 114 Å². The molecule has 4 heteroatoms. The van der Waals surface area contributed by atoms with Crippen molar-refractivity contribution in [3.63, 3.8) is 0 Å². The summed E-state index contributed by atoms with van der Waals surface area (Å²) in [6.07, 6.45) is 8.70. The molecule has 1 aliphatic heterocycles. The first kappa shape index (κ1) is 14.4. The molecule has 0 unspecified atom stereocenters. The van der Waals surface area contributed by atoms with E-state index < -0.39 is 11.9 Å². The van der Waals surface area contributed by atoms with Crippen LogP contribution in [0.4, 0.5) is 4.39 Å². The predicted octanol–water partition coefficient (Wildman–Crippen LogP) is 2.96. The van der Waals surface area contributed by atoms with Crippen molar-refractivity contribution in [2.75, 3.05) is 0 Å². The summed E-state index contributed by atoms with van der Waals surface area (Å²) < 4.78 is 13.2. The van der Waals surface area contributed by atoms with Gasteiger partial charge in [0.25, 0.3) is 0 Å². The van der Waals surface area contributed by atoms with Gasteiger partial charge in [0.2, 0.25) is 0 Å². The maximum Gasteiger partial charge on any atom is 0.141 e. The number of nitrogens with zero attached hydrogens (tertiary/aromatic N) is 1. The van der Waals surface area contributed by atoms with E-state index in [-0.39, 0.29) is 6.04 Å². The normalized spacial score (nSPS) is 25.8. The zero-order valence-electron chi connectivity index (χ0n) is 11.5. The van der Waals surface area contributed by atoms with Gasteiger partial charge in [0, 0.05) is 23.8 Å². The lowest BCUT2D eigenvalue weighted by Gasteiger charge is -2.26. The lowest BCUT2D eigenvalue weighted by Crippen LogP contribution is -2.40. The molecule has 1 aromatic heterocycles. The number of rotatable bonds is 4. The summed E-state index contributed by atoms with van der Waals surface area (Å²) in [5.74, 6) is -0.393. The van der Waals surface area contributed by atoms with Crippen molar-refractivity contribution < 1.29 is 9.50 Å². The van der Waals surface area contributed by atoms with Gasteiger partial charge >= 0.3 is 0 Å². The smallest absolute Gasteiger partial charge is 0.141 e. The van der Waals surface area contributed by atoms with Crippen molar-refractivity contribution >= 4 is 0 Å². The van der Waals surface area contributed by atoms with Crippen molar-refractivity contribution in [3.05, 3.63) is 29.8 Å². The lowest BCUT2D eigenvalue weighted by atomic mass is 9.99. The highest BCUT2D eigenvalue weighted by Crippen LogP contribution is 2.25. The summed E-state index contributed by atoms with van der Waals surface area (Å²) in [7, 11) is 0. The molecule has 106 valence electrons. The molecule has 1 saturated heterocycles. The Morgan fingerprint density at radius 1 is 1.42 bits per heavy atom. The van der Waals surface area contributed by atoms with E-state index >= 15 is 0 Å². The molecule has 0 bridgehead atoms. The minimum absolute atomic E-state index is 0.00245. The van der Waals surface area contributed by atoms with Crippen LogP contribution in [-0.2, 0) is 0 Å². The van der Waals surface area contributed by atoms with Gasteiger partial charge in [-0.25, -0.2) is 4.39 Å². The van der Waals surface area contributed by atoms with Crippen molar-refractivity contribution in [2.24, 2.45) is 0 Å². The Kier molecular flexibility index (Phi) is 5.28. The molecule has 0 aromatic carbocycles. The summed E-state index contributed by atoms with van der Waals surface area (Å²) >= 11 is 0. The minimum atomic E-state index is -0.680. The second kappa shape index (κ2) is 6.96. The molecule has 0 spiro atoms. The predicted molar refractivity (Wildman–Crippen MR) is 73.2 cm³/mol. The SMILES string of the molecule is CCC[C@H]1CCCC[C@@H]([C@@H](O)c2cncc(F)c2)N1. The second-order valence-corrected chi connectivity index (χ2v) is 5.42. The highest BCUT2D eigenvalue weighted by atomic mass is 19.1. The molecule has 2 heterocycles. The van der Waals surface area contributed by atoms with E-state index in [9.17, 15) is 9.50 Å². The van der Waals surface area contributed by atoms with E-state index in [0.717, 1.165) is 31.9 Å². The summed E-state index contributed by atoms with van der Waals surface area (Å²) in [6.45, 7) is 2.18. The zero-order valence-corrected chi connectivity index (χ0v) is 11.5. The number of aromatic nitrogens is 1. The van der Waals surface area contributed by atoms with Gasteiger partial charge < -0.3 is 10.4 Å². The fraction of sp³-hybridized carbons (Fsp3) is 0.667. The quantitative estimate of drug-likeness (QED) is 0.880. The van der Waals surface area contributed by atoms with Gasteiger partial charge in [-0.3, -0.25) is 4.98 Å². The first-order valence-corrected chi connectivity index (χ1v) is 7.25. The van der Waals surface area contributed by atoms with Gasteiger partial charge in [0.1, 0.15) is 5.82 Å². The van der Waals surface area contributed by atoms with E-state index in [2.05, 4.69) is 17.2 Å². The van der Waals surface area contributed by atoms with Gasteiger partial charge in [0.05, 0.1) is 12.3 Å². The number of hydrogen-bond donors (Lipinski definition) is 2. The number of nitrogens with one attached hydrogen (secondary N) is 1. The van der Waals surface area contributed by atoms with Crippen LogP contribution in [0.3, 0.4) is 0 Å². The van der Waals surface area contributed by atoms with Gasteiger partial charge in [0.15, 0.2) is 0 Å². The Morgan fingerprint density at radius 2 is 2.21 bits per heavy atom. The van der Waals surface area contributed by atoms with E-state index in [1.807, 2.05) is 0 Å². The van der Waals surface area contributed by atoms with Crippen molar-refractivity contribution in [1.29, 1.82) is 0 Å². The molecular weight excluding hydrogens is 243 g/mol. The van der Waals surface area contributed by atoms with E-state index in [1.165, 1.54) is 18.9 Å². The first-order chi connectivity index (χ1) is 9.20. The van der Waals surface area contributed by atoms with E-state index in [0.29, 0.717) is 11.6 Å². The third-order valence-electron chi connectivity index (χ3n) is 3.85. The highest BCUT2D eigenvalue weighted by molar-refractivity contribution is 5.15. The number of hydrogen-bond acceptors (Lipinski definition) is 3. The van der Waals surface area contributed by atoms with Gasteiger partial charge in [-0.1, -0.05) is 26.2 Å². The third-order valence-corrected chi connectivity index (χ3v) is 3.85. The minimum Gasteiger partial charge on any atom is -0.387 e. The standard InChI is InChI=1S/C15H23FN2O/c1-2-5-13-6-3-4-7-14(18-13)15(19)11-8-12(16)10-17-9-11/h8-10,13-15,18-19H,2-7H2,1H3/t13-,14-,15-/m0/s1. The molecule has 2 N–H and O–H groups in total.